The van der Waals surface area contributed by atoms with Crippen LogP contribution in [0.2, 0.25) is 0 Å². The van der Waals surface area contributed by atoms with Gasteiger partial charge >= 0.3 is 0 Å². The van der Waals surface area contributed by atoms with Crippen LogP contribution >= 0.6 is 0 Å². The number of aromatic nitrogens is 2. The topological polar surface area (TPSA) is 70.7 Å². The average Bonchev–Trinajstić information content (AvgIpc) is 3.35. The lowest BCUT2D eigenvalue weighted by atomic mass is 9.78. The van der Waals surface area contributed by atoms with Gasteiger partial charge in [0.15, 0.2) is 0 Å². The van der Waals surface area contributed by atoms with Crippen LogP contribution in [0.1, 0.15) is 64.9 Å². The molecule has 0 aliphatic heterocycles. The van der Waals surface area contributed by atoms with E-state index in [1.807, 2.05) is 4.57 Å². The highest BCUT2D eigenvalue weighted by Gasteiger charge is 2.40. The molecule has 4 rings (SSSR count). The second kappa shape index (κ2) is 6.05. The molecule has 1 amide bonds. The Morgan fingerprint density at radius 2 is 2.15 bits per heavy atom. The van der Waals surface area contributed by atoms with E-state index in [0.717, 1.165) is 19.3 Å². The Hall–Kier alpha value is -2.42. The van der Waals surface area contributed by atoms with Crippen molar-refractivity contribution in [2.24, 2.45) is 11.3 Å². The van der Waals surface area contributed by atoms with Gasteiger partial charge in [-0.3, -0.25) is 10.1 Å². The smallest absolute Gasteiger partial charge is 0.227 e. The Kier molecular flexibility index (Phi) is 4.03. The maximum absolute atomic E-state index is 13.9. The second-order valence-electron chi connectivity index (χ2n) is 9.04. The number of hydrogen-bond donors (Lipinski definition) is 1. The molecule has 1 aromatic heterocycles. The van der Waals surface area contributed by atoms with E-state index < -0.39 is 5.82 Å². The maximum atomic E-state index is 13.9. The van der Waals surface area contributed by atoms with Crippen LogP contribution < -0.4 is 5.32 Å². The summed E-state index contributed by atoms with van der Waals surface area (Å²) in [6.07, 6.45) is 5.76. The molecule has 2 aliphatic carbocycles. The van der Waals surface area contributed by atoms with Crippen LogP contribution in [-0.2, 0) is 10.3 Å². The molecule has 2 aromatic rings. The number of amides is 1. The van der Waals surface area contributed by atoms with E-state index >= 15 is 0 Å². The quantitative estimate of drug-likeness (QED) is 0.831. The number of imidazole rings is 1. The molecule has 0 atom stereocenters. The number of nitrogens with zero attached hydrogens (tertiary/aromatic N) is 3. The summed E-state index contributed by atoms with van der Waals surface area (Å²) in [5, 5.41) is 12.5. The van der Waals surface area contributed by atoms with Crippen molar-refractivity contribution in [3.63, 3.8) is 0 Å². The van der Waals surface area contributed by atoms with Crippen LogP contribution in [0, 0.1) is 28.5 Å². The zero-order valence-electron chi connectivity index (χ0n) is 16.1. The van der Waals surface area contributed by atoms with Crippen LogP contribution in [0.25, 0.3) is 11.0 Å². The van der Waals surface area contributed by atoms with Gasteiger partial charge in [-0.2, -0.15) is 5.26 Å². The summed E-state index contributed by atoms with van der Waals surface area (Å²) in [6, 6.07) is 4.66. The van der Waals surface area contributed by atoms with Gasteiger partial charge in [-0.15, -0.1) is 0 Å². The maximum Gasteiger partial charge on any atom is 0.227 e. The number of carbonyl (C=O) groups is 1. The third kappa shape index (κ3) is 3.09. The number of carbonyl (C=O) groups excluding carboxylic acids is 1. The number of anilines is 1. The number of hydrogen-bond acceptors (Lipinski definition) is 3. The monoisotopic (exact) mass is 368 g/mol. The third-order valence-electron chi connectivity index (χ3n) is 6.36. The first kappa shape index (κ1) is 18.0. The van der Waals surface area contributed by atoms with Crippen LogP contribution in [-0.4, -0.2) is 15.5 Å². The fourth-order valence-electron chi connectivity index (χ4n) is 4.37. The van der Waals surface area contributed by atoms with E-state index in [9.17, 15) is 14.4 Å². The van der Waals surface area contributed by atoms with Gasteiger partial charge in [0.1, 0.15) is 11.9 Å². The van der Waals surface area contributed by atoms with E-state index in [-0.39, 0.29) is 22.4 Å². The Bertz CT molecular complexity index is 961. The number of benzene rings is 1. The Morgan fingerprint density at radius 1 is 1.44 bits per heavy atom. The number of fused-ring (bicyclic) bond motifs is 1. The summed E-state index contributed by atoms with van der Waals surface area (Å²) in [5.74, 6) is 0.456. The van der Waals surface area contributed by atoms with Crippen molar-refractivity contribution in [1.29, 1.82) is 5.26 Å². The lowest BCUT2D eigenvalue weighted by Gasteiger charge is -2.41. The molecule has 0 unspecified atom stereocenters. The molecular weight excluding hydrogens is 343 g/mol. The summed E-state index contributed by atoms with van der Waals surface area (Å²) >= 11 is 0. The zero-order valence-corrected chi connectivity index (χ0v) is 16.1. The highest BCUT2D eigenvalue weighted by atomic mass is 19.1. The van der Waals surface area contributed by atoms with Crippen molar-refractivity contribution in [2.45, 2.75) is 64.8 Å². The molecule has 27 heavy (non-hydrogen) atoms. The highest BCUT2D eigenvalue weighted by molar-refractivity contribution is 5.93. The van der Waals surface area contributed by atoms with Crippen LogP contribution in [0.3, 0.4) is 0 Å². The van der Waals surface area contributed by atoms with Gasteiger partial charge in [-0.1, -0.05) is 13.8 Å². The van der Waals surface area contributed by atoms with Crippen molar-refractivity contribution in [3.8, 4) is 6.07 Å². The molecule has 0 saturated heterocycles. The molecule has 1 aromatic carbocycles. The minimum Gasteiger partial charge on any atom is -0.303 e. The largest absolute Gasteiger partial charge is 0.303 e. The van der Waals surface area contributed by atoms with E-state index in [1.165, 1.54) is 25.0 Å². The van der Waals surface area contributed by atoms with Gasteiger partial charge in [0.25, 0.3) is 0 Å². The van der Waals surface area contributed by atoms with Gasteiger partial charge in [-0.25, -0.2) is 9.37 Å². The third-order valence-corrected chi connectivity index (χ3v) is 6.36. The summed E-state index contributed by atoms with van der Waals surface area (Å²) in [7, 11) is 0. The molecule has 1 N–H and O–H groups in total. The molecule has 5 nitrogen and oxygen atoms in total. The minimum atomic E-state index is -0.491. The SMILES string of the molecule is CC(C)(CC(=O)Nc1nc2cc(F)cc(C#N)c2n1C1(C)CCC1)C1CC1. The van der Waals surface area contributed by atoms with Crippen molar-refractivity contribution in [3.05, 3.63) is 23.5 Å². The fraction of sp³-hybridized carbons (Fsp3) is 0.571. The number of nitriles is 1. The fourth-order valence-corrected chi connectivity index (χ4v) is 4.37. The van der Waals surface area contributed by atoms with Gasteiger partial charge in [0.05, 0.1) is 16.6 Å². The first-order valence-corrected chi connectivity index (χ1v) is 9.66. The van der Waals surface area contributed by atoms with Crippen LogP contribution in [0.4, 0.5) is 10.3 Å². The van der Waals surface area contributed by atoms with E-state index in [2.05, 4.69) is 37.1 Å². The predicted octanol–water partition coefficient (Wildman–Crippen LogP) is 4.71. The van der Waals surface area contributed by atoms with Crippen LogP contribution in [0.15, 0.2) is 12.1 Å². The van der Waals surface area contributed by atoms with Gasteiger partial charge in [0, 0.05) is 18.0 Å². The second-order valence-corrected chi connectivity index (χ2v) is 9.04. The van der Waals surface area contributed by atoms with Crippen molar-refractivity contribution in [2.75, 3.05) is 5.32 Å². The molecular formula is C21H25FN4O. The Labute approximate surface area is 158 Å². The molecule has 142 valence electrons. The summed E-state index contributed by atoms with van der Waals surface area (Å²) in [6.45, 7) is 6.36. The molecule has 0 radical (unpaired) electrons. The van der Waals surface area contributed by atoms with E-state index in [0.29, 0.717) is 29.3 Å². The van der Waals surface area contributed by atoms with E-state index in [1.54, 1.807) is 0 Å². The molecule has 2 aliphatic rings. The standard InChI is InChI=1S/C21H25FN4O/c1-20(2,14-5-6-14)11-17(27)25-19-24-16-10-15(22)9-13(12-23)18(16)26(19)21(3)7-4-8-21/h9-10,14H,4-8,11H2,1-3H3,(H,24,25,27). The van der Waals surface area contributed by atoms with Gasteiger partial charge < -0.3 is 4.57 Å². The zero-order chi connectivity index (χ0) is 19.4. The van der Waals surface area contributed by atoms with Crippen molar-refractivity contribution >= 4 is 22.9 Å². The predicted molar refractivity (Wildman–Crippen MR) is 102 cm³/mol. The number of rotatable bonds is 5. The summed E-state index contributed by atoms with van der Waals surface area (Å²) < 4.78 is 15.9. The first-order chi connectivity index (χ1) is 12.7. The summed E-state index contributed by atoms with van der Waals surface area (Å²) in [5.41, 5.74) is 1.02. The van der Waals surface area contributed by atoms with Gasteiger partial charge in [-0.05, 0) is 56.4 Å². The molecule has 1 heterocycles. The number of halogens is 1. The van der Waals surface area contributed by atoms with Crippen molar-refractivity contribution < 1.29 is 9.18 Å². The lowest BCUT2D eigenvalue weighted by molar-refractivity contribution is -0.118. The van der Waals surface area contributed by atoms with Crippen LogP contribution in [0.5, 0.6) is 0 Å². The molecule has 0 spiro atoms. The molecule has 6 heteroatoms. The average molecular weight is 368 g/mol. The molecule has 2 fully saturated rings. The molecule has 0 bridgehead atoms. The van der Waals surface area contributed by atoms with E-state index in [4.69, 9.17) is 0 Å². The first-order valence-electron chi connectivity index (χ1n) is 9.66. The van der Waals surface area contributed by atoms with Gasteiger partial charge in [0.2, 0.25) is 11.9 Å². The summed E-state index contributed by atoms with van der Waals surface area (Å²) in [4.78, 5) is 17.2. The van der Waals surface area contributed by atoms with Crippen molar-refractivity contribution in [1.82, 2.24) is 9.55 Å². The normalized spacial score (nSPS) is 18.8. The highest BCUT2D eigenvalue weighted by Crippen LogP contribution is 2.47. The minimum absolute atomic E-state index is 0.0365. The Morgan fingerprint density at radius 3 is 2.70 bits per heavy atom. The Balaban J connectivity index is 1.75. The number of nitrogens with one attached hydrogen (secondary N) is 1. The lowest BCUT2D eigenvalue weighted by Crippen LogP contribution is -2.38. The molecule has 2 saturated carbocycles.